The second-order valence-electron chi connectivity index (χ2n) is 5.74. The number of ether oxygens (including phenoxy) is 4. The summed E-state index contributed by atoms with van der Waals surface area (Å²) in [6.07, 6.45) is 0. The van der Waals surface area contributed by atoms with Crippen molar-refractivity contribution >= 4 is 5.91 Å². The molecule has 1 fully saturated rings. The van der Waals surface area contributed by atoms with Gasteiger partial charge in [0, 0.05) is 12.1 Å². The van der Waals surface area contributed by atoms with Crippen LogP contribution in [0.5, 0.6) is 17.2 Å². The second kappa shape index (κ2) is 6.44. The minimum absolute atomic E-state index is 0.0763. The molecule has 1 aliphatic heterocycles. The first kappa shape index (κ1) is 16.4. The van der Waals surface area contributed by atoms with Gasteiger partial charge in [-0.1, -0.05) is 0 Å². The predicted molar refractivity (Wildman–Crippen MR) is 82.0 cm³/mol. The number of benzene rings is 1. The zero-order chi connectivity index (χ0) is 16.3. The van der Waals surface area contributed by atoms with Crippen LogP contribution in [0.2, 0.25) is 0 Å². The SMILES string of the molecule is COc1cc(C(=O)N2CCOCC2(C)C)cc(OC)c1OC. The van der Waals surface area contributed by atoms with Gasteiger partial charge in [-0.15, -0.1) is 0 Å². The van der Waals surface area contributed by atoms with Crippen molar-refractivity contribution in [3.8, 4) is 17.2 Å². The molecule has 0 aromatic heterocycles. The molecule has 122 valence electrons. The molecule has 1 heterocycles. The molecule has 6 nitrogen and oxygen atoms in total. The van der Waals surface area contributed by atoms with Crippen LogP contribution in [0.1, 0.15) is 24.2 Å². The van der Waals surface area contributed by atoms with Crippen molar-refractivity contribution in [1.82, 2.24) is 4.90 Å². The molecule has 0 N–H and O–H groups in total. The Labute approximate surface area is 130 Å². The average Bonchev–Trinajstić information content (AvgIpc) is 2.52. The van der Waals surface area contributed by atoms with E-state index < -0.39 is 0 Å². The molecule has 1 aromatic carbocycles. The summed E-state index contributed by atoms with van der Waals surface area (Å²) in [5.41, 5.74) is 0.153. The van der Waals surface area contributed by atoms with E-state index in [0.717, 1.165) is 0 Å². The third kappa shape index (κ3) is 2.97. The fourth-order valence-electron chi connectivity index (χ4n) is 2.60. The second-order valence-corrected chi connectivity index (χ2v) is 5.74. The first-order valence-corrected chi connectivity index (χ1v) is 7.14. The molecule has 1 aromatic rings. The van der Waals surface area contributed by atoms with Crippen LogP contribution in [0.15, 0.2) is 12.1 Å². The highest BCUT2D eigenvalue weighted by molar-refractivity contribution is 5.96. The Kier molecular flexibility index (Phi) is 4.81. The van der Waals surface area contributed by atoms with Crippen LogP contribution >= 0.6 is 0 Å². The third-order valence-corrected chi connectivity index (χ3v) is 3.80. The summed E-state index contributed by atoms with van der Waals surface area (Å²) in [6, 6.07) is 3.35. The molecule has 1 aliphatic rings. The van der Waals surface area contributed by atoms with Crippen molar-refractivity contribution in [2.24, 2.45) is 0 Å². The van der Waals surface area contributed by atoms with E-state index in [9.17, 15) is 4.79 Å². The Morgan fingerprint density at radius 2 is 1.73 bits per heavy atom. The van der Waals surface area contributed by atoms with E-state index >= 15 is 0 Å². The molecular weight excluding hydrogens is 286 g/mol. The van der Waals surface area contributed by atoms with E-state index in [1.807, 2.05) is 18.7 Å². The number of methoxy groups -OCH3 is 3. The van der Waals surface area contributed by atoms with Crippen molar-refractivity contribution in [2.75, 3.05) is 41.1 Å². The predicted octanol–water partition coefficient (Wildman–Crippen LogP) is 1.96. The van der Waals surface area contributed by atoms with Crippen LogP contribution in [-0.4, -0.2) is 57.4 Å². The number of amides is 1. The van der Waals surface area contributed by atoms with E-state index in [4.69, 9.17) is 18.9 Å². The first-order valence-electron chi connectivity index (χ1n) is 7.14. The highest BCUT2D eigenvalue weighted by atomic mass is 16.5. The van der Waals surface area contributed by atoms with Crippen LogP contribution in [0.3, 0.4) is 0 Å². The lowest BCUT2D eigenvalue weighted by Crippen LogP contribution is -2.55. The van der Waals surface area contributed by atoms with Gasteiger partial charge in [0.05, 0.1) is 40.1 Å². The number of carbonyl (C=O) groups is 1. The Morgan fingerprint density at radius 3 is 2.18 bits per heavy atom. The molecular formula is C16H23NO5. The molecule has 2 rings (SSSR count). The van der Waals surface area contributed by atoms with Gasteiger partial charge in [-0.25, -0.2) is 0 Å². The molecule has 0 spiro atoms. The third-order valence-electron chi connectivity index (χ3n) is 3.80. The van der Waals surface area contributed by atoms with Gasteiger partial charge in [0.15, 0.2) is 11.5 Å². The molecule has 6 heteroatoms. The largest absolute Gasteiger partial charge is 0.493 e. The van der Waals surface area contributed by atoms with Gasteiger partial charge < -0.3 is 23.8 Å². The number of hydrogen-bond acceptors (Lipinski definition) is 5. The lowest BCUT2D eigenvalue weighted by molar-refractivity contribution is -0.0370. The Bertz CT molecular complexity index is 530. The highest BCUT2D eigenvalue weighted by Gasteiger charge is 2.35. The van der Waals surface area contributed by atoms with Crippen LogP contribution in [-0.2, 0) is 4.74 Å². The standard InChI is InChI=1S/C16H23NO5/c1-16(2)10-22-7-6-17(16)15(18)11-8-12(19-3)14(21-5)13(9-11)20-4/h8-9H,6-7,10H2,1-5H3. The fraction of sp³-hybridized carbons (Fsp3) is 0.562. The molecule has 1 amide bonds. The summed E-state index contributed by atoms with van der Waals surface area (Å²) >= 11 is 0. The van der Waals surface area contributed by atoms with E-state index in [-0.39, 0.29) is 11.4 Å². The maximum atomic E-state index is 12.9. The van der Waals surface area contributed by atoms with Gasteiger partial charge in [-0.3, -0.25) is 4.79 Å². The molecule has 1 saturated heterocycles. The number of nitrogens with zero attached hydrogens (tertiary/aromatic N) is 1. The maximum absolute atomic E-state index is 12.9. The van der Waals surface area contributed by atoms with Crippen molar-refractivity contribution in [3.63, 3.8) is 0 Å². The topological polar surface area (TPSA) is 57.2 Å². The van der Waals surface area contributed by atoms with E-state index in [2.05, 4.69) is 0 Å². The fourth-order valence-corrected chi connectivity index (χ4v) is 2.60. The number of hydrogen-bond donors (Lipinski definition) is 0. The van der Waals surface area contributed by atoms with Gasteiger partial charge in [-0.05, 0) is 26.0 Å². The molecule has 0 unspecified atom stereocenters. The molecule has 0 aliphatic carbocycles. The first-order chi connectivity index (χ1) is 10.4. The van der Waals surface area contributed by atoms with E-state index in [1.54, 1.807) is 12.1 Å². The number of carbonyl (C=O) groups excluding carboxylic acids is 1. The highest BCUT2D eigenvalue weighted by Crippen LogP contribution is 2.39. The molecule has 0 saturated carbocycles. The zero-order valence-corrected chi connectivity index (χ0v) is 13.8. The zero-order valence-electron chi connectivity index (χ0n) is 13.8. The summed E-state index contributed by atoms with van der Waals surface area (Å²) in [4.78, 5) is 14.7. The van der Waals surface area contributed by atoms with Crippen molar-refractivity contribution in [3.05, 3.63) is 17.7 Å². The molecule has 0 bridgehead atoms. The summed E-state index contributed by atoms with van der Waals surface area (Å²) in [5, 5.41) is 0. The van der Waals surface area contributed by atoms with Crippen LogP contribution in [0.4, 0.5) is 0 Å². The summed E-state index contributed by atoms with van der Waals surface area (Å²) in [5.74, 6) is 1.34. The molecule has 22 heavy (non-hydrogen) atoms. The smallest absolute Gasteiger partial charge is 0.254 e. The normalized spacial score (nSPS) is 17.0. The summed E-state index contributed by atoms with van der Waals surface area (Å²) in [6.45, 7) is 5.59. The summed E-state index contributed by atoms with van der Waals surface area (Å²) < 4.78 is 21.4. The van der Waals surface area contributed by atoms with Crippen LogP contribution < -0.4 is 14.2 Å². The minimum atomic E-state index is -0.351. The monoisotopic (exact) mass is 309 g/mol. The lowest BCUT2D eigenvalue weighted by Gasteiger charge is -2.42. The van der Waals surface area contributed by atoms with Gasteiger partial charge in [0.25, 0.3) is 5.91 Å². The lowest BCUT2D eigenvalue weighted by atomic mass is 10.0. The van der Waals surface area contributed by atoms with E-state index in [0.29, 0.717) is 42.6 Å². The van der Waals surface area contributed by atoms with Gasteiger partial charge in [0.2, 0.25) is 5.75 Å². The molecule has 0 atom stereocenters. The van der Waals surface area contributed by atoms with Gasteiger partial charge in [0.1, 0.15) is 0 Å². The average molecular weight is 309 g/mol. The maximum Gasteiger partial charge on any atom is 0.254 e. The molecule has 0 radical (unpaired) electrons. The van der Waals surface area contributed by atoms with Crippen molar-refractivity contribution in [1.29, 1.82) is 0 Å². The van der Waals surface area contributed by atoms with Crippen molar-refractivity contribution < 1.29 is 23.7 Å². The Balaban J connectivity index is 2.41. The Hall–Kier alpha value is -1.95. The minimum Gasteiger partial charge on any atom is -0.493 e. The van der Waals surface area contributed by atoms with E-state index in [1.165, 1.54) is 21.3 Å². The Morgan fingerprint density at radius 1 is 1.14 bits per heavy atom. The number of morpholine rings is 1. The van der Waals surface area contributed by atoms with Crippen LogP contribution in [0, 0.1) is 0 Å². The van der Waals surface area contributed by atoms with Crippen molar-refractivity contribution in [2.45, 2.75) is 19.4 Å². The van der Waals surface area contributed by atoms with Crippen LogP contribution in [0.25, 0.3) is 0 Å². The van der Waals surface area contributed by atoms with Gasteiger partial charge in [-0.2, -0.15) is 0 Å². The van der Waals surface area contributed by atoms with Gasteiger partial charge >= 0.3 is 0 Å². The number of rotatable bonds is 4. The summed E-state index contributed by atoms with van der Waals surface area (Å²) in [7, 11) is 4.60. The quantitative estimate of drug-likeness (QED) is 0.851.